The molecule has 1 unspecified atom stereocenters. The fourth-order valence-corrected chi connectivity index (χ4v) is 4.01. The Kier molecular flexibility index (Phi) is 5.45. The third kappa shape index (κ3) is 3.32. The van der Waals surface area contributed by atoms with E-state index in [1.807, 2.05) is 0 Å². The standard InChI is InChI=1S/C19H32N2/c1-6-13-20-18(17-10-9-15(2)14-16(17)3)19(21(4)5)11-7-8-12-19/h9-10,14,18,20H,6-8,11-13H2,1-5H3. The molecule has 0 bridgehead atoms. The Bertz CT molecular complexity index is 459. The molecule has 0 spiro atoms. The molecular weight excluding hydrogens is 256 g/mol. The summed E-state index contributed by atoms with van der Waals surface area (Å²) < 4.78 is 0. The molecule has 118 valence electrons. The van der Waals surface area contributed by atoms with Crippen LogP contribution in [0.2, 0.25) is 0 Å². The Morgan fingerprint density at radius 1 is 1.19 bits per heavy atom. The Morgan fingerprint density at radius 3 is 2.38 bits per heavy atom. The summed E-state index contributed by atoms with van der Waals surface area (Å²) >= 11 is 0. The van der Waals surface area contributed by atoms with E-state index in [0.29, 0.717) is 6.04 Å². The zero-order valence-electron chi connectivity index (χ0n) is 14.5. The molecule has 0 aromatic heterocycles. The summed E-state index contributed by atoms with van der Waals surface area (Å²) in [6.07, 6.45) is 6.50. The van der Waals surface area contributed by atoms with Gasteiger partial charge in [-0.05, 0) is 64.9 Å². The monoisotopic (exact) mass is 288 g/mol. The fourth-order valence-electron chi connectivity index (χ4n) is 4.01. The SMILES string of the molecule is CCCNC(c1ccc(C)cc1C)C1(N(C)C)CCCC1. The summed E-state index contributed by atoms with van der Waals surface area (Å²) in [6, 6.07) is 7.38. The third-order valence-electron chi connectivity index (χ3n) is 5.23. The zero-order valence-corrected chi connectivity index (χ0v) is 14.5. The molecule has 2 rings (SSSR count). The van der Waals surface area contributed by atoms with E-state index in [1.54, 1.807) is 0 Å². The molecule has 1 N–H and O–H groups in total. The largest absolute Gasteiger partial charge is 0.308 e. The first-order valence-corrected chi connectivity index (χ1v) is 8.49. The van der Waals surface area contributed by atoms with Gasteiger partial charge in [-0.3, -0.25) is 0 Å². The maximum absolute atomic E-state index is 3.87. The first-order chi connectivity index (χ1) is 10.0. The molecule has 1 aliphatic rings. The molecule has 0 amide bonds. The minimum atomic E-state index is 0.273. The van der Waals surface area contributed by atoms with Gasteiger partial charge in [0.05, 0.1) is 6.04 Å². The summed E-state index contributed by atoms with van der Waals surface area (Å²) in [5.41, 5.74) is 4.55. The smallest absolute Gasteiger partial charge is 0.0509 e. The van der Waals surface area contributed by atoms with Crippen LogP contribution in [0.5, 0.6) is 0 Å². The van der Waals surface area contributed by atoms with Crippen LogP contribution < -0.4 is 5.32 Å². The zero-order chi connectivity index (χ0) is 15.5. The van der Waals surface area contributed by atoms with Crippen LogP contribution in [0, 0.1) is 13.8 Å². The Balaban J connectivity index is 2.41. The molecule has 0 aliphatic heterocycles. The Hall–Kier alpha value is -0.860. The highest BCUT2D eigenvalue weighted by Crippen LogP contribution is 2.44. The second-order valence-electron chi connectivity index (χ2n) is 6.95. The van der Waals surface area contributed by atoms with Gasteiger partial charge in [-0.15, -0.1) is 0 Å². The van der Waals surface area contributed by atoms with Gasteiger partial charge in [0.25, 0.3) is 0 Å². The lowest BCUT2D eigenvalue weighted by Gasteiger charge is -2.44. The molecule has 2 heteroatoms. The van der Waals surface area contributed by atoms with E-state index in [4.69, 9.17) is 0 Å². The summed E-state index contributed by atoms with van der Waals surface area (Å²) in [4.78, 5) is 2.48. The molecule has 0 heterocycles. The van der Waals surface area contributed by atoms with E-state index in [9.17, 15) is 0 Å². The van der Waals surface area contributed by atoms with E-state index in [-0.39, 0.29) is 5.54 Å². The second kappa shape index (κ2) is 6.93. The van der Waals surface area contributed by atoms with Crippen molar-refractivity contribution in [3.8, 4) is 0 Å². The van der Waals surface area contributed by atoms with Crippen LogP contribution in [0.1, 0.15) is 61.8 Å². The van der Waals surface area contributed by atoms with Gasteiger partial charge in [-0.1, -0.05) is 43.5 Å². The number of hydrogen-bond acceptors (Lipinski definition) is 2. The van der Waals surface area contributed by atoms with E-state index >= 15 is 0 Å². The maximum atomic E-state index is 3.87. The van der Waals surface area contributed by atoms with Crippen molar-refractivity contribution in [3.63, 3.8) is 0 Å². The van der Waals surface area contributed by atoms with Crippen LogP contribution >= 0.6 is 0 Å². The quantitative estimate of drug-likeness (QED) is 0.843. The van der Waals surface area contributed by atoms with Gasteiger partial charge in [0, 0.05) is 5.54 Å². The average Bonchev–Trinajstić information content (AvgIpc) is 2.92. The Labute approximate surface area is 130 Å². The summed E-state index contributed by atoms with van der Waals surface area (Å²) in [7, 11) is 4.52. The van der Waals surface area contributed by atoms with Gasteiger partial charge >= 0.3 is 0 Å². The van der Waals surface area contributed by atoms with Crippen molar-refractivity contribution in [1.29, 1.82) is 0 Å². The highest BCUT2D eigenvalue weighted by Gasteiger charge is 2.43. The number of likely N-dealkylation sites (N-methyl/N-ethyl adjacent to an activating group) is 1. The van der Waals surface area contributed by atoms with E-state index in [2.05, 4.69) is 63.3 Å². The van der Waals surface area contributed by atoms with E-state index in [1.165, 1.54) is 48.8 Å². The lowest BCUT2D eigenvalue weighted by Crippen LogP contribution is -2.52. The first-order valence-electron chi connectivity index (χ1n) is 8.49. The van der Waals surface area contributed by atoms with Gasteiger partial charge in [0.1, 0.15) is 0 Å². The minimum absolute atomic E-state index is 0.273. The maximum Gasteiger partial charge on any atom is 0.0509 e. The highest BCUT2D eigenvalue weighted by molar-refractivity contribution is 5.35. The number of hydrogen-bond donors (Lipinski definition) is 1. The van der Waals surface area contributed by atoms with Crippen LogP contribution in [0.4, 0.5) is 0 Å². The normalized spacial score (nSPS) is 19.1. The molecule has 0 radical (unpaired) electrons. The van der Waals surface area contributed by atoms with Crippen LogP contribution in [0.15, 0.2) is 18.2 Å². The van der Waals surface area contributed by atoms with Crippen molar-refractivity contribution >= 4 is 0 Å². The van der Waals surface area contributed by atoms with Gasteiger partial charge in [-0.25, -0.2) is 0 Å². The van der Waals surface area contributed by atoms with Crippen LogP contribution in [-0.2, 0) is 0 Å². The fraction of sp³-hybridized carbons (Fsp3) is 0.684. The molecule has 1 atom stereocenters. The molecule has 0 saturated heterocycles. The van der Waals surface area contributed by atoms with Crippen molar-refractivity contribution in [2.75, 3.05) is 20.6 Å². The molecule has 1 aromatic rings. The van der Waals surface area contributed by atoms with Crippen LogP contribution in [0.3, 0.4) is 0 Å². The Morgan fingerprint density at radius 2 is 1.86 bits per heavy atom. The summed E-state index contributed by atoms with van der Waals surface area (Å²) in [5.74, 6) is 0. The van der Waals surface area contributed by atoms with Crippen LogP contribution in [0.25, 0.3) is 0 Å². The number of aryl methyl sites for hydroxylation is 2. The lowest BCUT2D eigenvalue weighted by atomic mass is 9.80. The van der Waals surface area contributed by atoms with Gasteiger partial charge in [0.2, 0.25) is 0 Å². The van der Waals surface area contributed by atoms with Crippen molar-refractivity contribution in [2.24, 2.45) is 0 Å². The number of benzene rings is 1. The predicted octanol–water partition coefficient (Wildman–Crippen LogP) is 4.22. The van der Waals surface area contributed by atoms with Gasteiger partial charge < -0.3 is 10.2 Å². The number of nitrogens with zero attached hydrogens (tertiary/aromatic N) is 1. The van der Waals surface area contributed by atoms with Crippen molar-refractivity contribution in [2.45, 2.75) is 64.5 Å². The molecule has 1 aromatic carbocycles. The van der Waals surface area contributed by atoms with Gasteiger partial charge in [0.15, 0.2) is 0 Å². The van der Waals surface area contributed by atoms with Crippen molar-refractivity contribution in [3.05, 3.63) is 34.9 Å². The lowest BCUT2D eigenvalue weighted by molar-refractivity contribution is 0.104. The molecule has 2 nitrogen and oxygen atoms in total. The summed E-state index contributed by atoms with van der Waals surface area (Å²) in [5, 5.41) is 3.87. The van der Waals surface area contributed by atoms with Crippen molar-refractivity contribution in [1.82, 2.24) is 10.2 Å². The average molecular weight is 288 g/mol. The number of nitrogens with one attached hydrogen (secondary N) is 1. The van der Waals surface area contributed by atoms with E-state index in [0.717, 1.165) is 6.54 Å². The molecule has 1 fully saturated rings. The van der Waals surface area contributed by atoms with Gasteiger partial charge in [-0.2, -0.15) is 0 Å². The molecule has 1 aliphatic carbocycles. The van der Waals surface area contributed by atoms with Crippen molar-refractivity contribution < 1.29 is 0 Å². The third-order valence-corrected chi connectivity index (χ3v) is 5.23. The molecule has 1 saturated carbocycles. The molecular formula is C19H32N2. The first kappa shape index (κ1) is 16.5. The minimum Gasteiger partial charge on any atom is -0.308 e. The highest BCUT2D eigenvalue weighted by atomic mass is 15.2. The van der Waals surface area contributed by atoms with Crippen LogP contribution in [-0.4, -0.2) is 31.1 Å². The topological polar surface area (TPSA) is 15.3 Å². The molecule has 21 heavy (non-hydrogen) atoms. The van der Waals surface area contributed by atoms with E-state index < -0.39 is 0 Å². The second-order valence-corrected chi connectivity index (χ2v) is 6.95. The predicted molar refractivity (Wildman–Crippen MR) is 91.8 cm³/mol. The number of rotatable bonds is 6. The summed E-state index contributed by atoms with van der Waals surface area (Å²) in [6.45, 7) is 7.79.